The van der Waals surface area contributed by atoms with Gasteiger partial charge in [0, 0.05) is 11.0 Å². The van der Waals surface area contributed by atoms with Crippen LogP contribution in [0.1, 0.15) is 18.6 Å². The number of nitro groups is 1. The minimum absolute atomic E-state index is 0.154. The van der Waals surface area contributed by atoms with Crippen LogP contribution in [0.5, 0.6) is 11.5 Å². The van der Waals surface area contributed by atoms with Crippen LogP contribution in [-0.2, 0) is 0 Å². The standard InChI is InChI=1S/C15H15NO4S/c1-10(17)11-3-8-15(14(9-11)16(18)19)20-12-4-6-13(21-2)7-5-12/h3-10,17H,1-2H3/t10-/m0/s1. The van der Waals surface area contributed by atoms with E-state index in [0.717, 1.165) is 4.90 Å². The minimum Gasteiger partial charge on any atom is -0.450 e. The predicted octanol–water partition coefficient (Wildman–Crippen LogP) is 4.16. The number of hydrogen-bond acceptors (Lipinski definition) is 5. The Kier molecular flexibility index (Phi) is 4.82. The van der Waals surface area contributed by atoms with Gasteiger partial charge in [-0.3, -0.25) is 10.1 Å². The Morgan fingerprint density at radius 3 is 2.43 bits per heavy atom. The molecule has 2 rings (SSSR count). The highest BCUT2D eigenvalue weighted by Crippen LogP contribution is 2.34. The van der Waals surface area contributed by atoms with E-state index in [-0.39, 0.29) is 11.4 Å². The number of rotatable bonds is 5. The minimum atomic E-state index is -0.765. The highest BCUT2D eigenvalue weighted by atomic mass is 32.2. The summed E-state index contributed by atoms with van der Waals surface area (Å²) >= 11 is 1.61. The molecule has 1 N–H and O–H groups in total. The Balaban J connectivity index is 2.31. The number of aliphatic hydroxyl groups is 1. The van der Waals surface area contributed by atoms with E-state index in [1.165, 1.54) is 12.1 Å². The Hall–Kier alpha value is -2.05. The predicted molar refractivity (Wildman–Crippen MR) is 82.0 cm³/mol. The first-order chi connectivity index (χ1) is 10.0. The Morgan fingerprint density at radius 1 is 1.24 bits per heavy atom. The second-order valence-corrected chi connectivity index (χ2v) is 5.32. The molecule has 0 aromatic heterocycles. The molecule has 0 saturated carbocycles. The van der Waals surface area contributed by atoms with Crippen LogP contribution < -0.4 is 4.74 Å². The molecular formula is C15H15NO4S. The lowest BCUT2D eigenvalue weighted by molar-refractivity contribution is -0.385. The lowest BCUT2D eigenvalue weighted by Gasteiger charge is -2.09. The molecule has 0 amide bonds. The molecule has 1 atom stereocenters. The smallest absolute Gasteiger partial charge is 0.311 e. The van der Waals surface area contributed by atoms with E-state index in [1.807, 2.05) is 18.4 Å². The summed E-state index contributed by atoms with van der Waals surface area (Å²) in [5.41, 5.74) is 0.314. The average Bonchev–Trinajstić information content (AvgIpc) is 2.48. The normalized spacial score (nSPS) is 12.0. The first kappa shape index (κ1) is 15.3. The molecule has 0 aliphatic heterocycles. The summed E-state index contributed by atoms with van der Waals surface area (Å²) in [6.45, 7) is 1.56. The lowest BCUT2D eigenvalue weighted by Crippen LogP contribution is -1.97. The van der Waals surface area contributed by atoms with Gasteiger partial charge in [0.2, 0.25) is 5.75 Å². The number of thioether (sulfide) groups is 1. The van der Waals surface area contributed by atoms with Gasteiger partial charge in [-0.2, -0.15) is 0 Å². The van der Waals surface area contributed by atoms with Crippen LogP contribution in [0, 0.1) is 10.1 Å². The van der Waals surface area contributed by atoms with Gasteiger partial charge in [-0.05, 0) is 49.1 Å². The molecule has 0 saturated heterocycles. The third-order valence-electron chi connectivity index (χ3n) is 2.95. The van der Waals surface area contributed by atoms with E-state index in [0.29, 0.717) is 11.3 Å². The Morgan fingerprint density at radius 2 is 1.90 bits per heavy atom. The maximum atomic E-state index is 11.1. The van der Waals surface area contributed by atoms with Gasteiger partial charge in [0.1, 0.15) is 5.75 Å². The zero-order chi connectivity index (χ0) is 15.4. The van der Waals surface area contributed by atoms with Crippen molar-refractivity contribution in [1.82, 2.24) is 0 Å². The van der Waals surface area contributed by atoms with E-state index in [1.54, 1.807) is 36.9 Å². The molecule has 0 aliphatic carbocycles. The first-order valence-electron chi connectivity index (χ1n) is 6.29. The molecule has 21 heavy (non-hydrogen) atoms. The van der Waals surface area contributed by atoms with Crippen LogP contribution >= 0.6 is 11.8 Å². The maximum Gasteiger partial charge on any atom is 0.311 e. The molecule has 0 aliphatic rings. The van der Waals surface area contributed by atoms with E-state index in [4.69, 9.17) is 4.74 Å². The van der Waals surface area contributed by atoms with E-state index >= 15 is 0 Å². The molecule has 0 unspecified atom stereocenters. The SMILES string of the molecule is CSc1ccc(Oc2ccc([C@H](C)O)cc2[N+](=O)[O-])cc1. The van der Waals surface area contributed by atoms with Crippen LogP contribution in [0.15, 0.2) is 47.4 Å². The van der Waals surface area contributed by atoms with Gasteiger partial charge < -0.3 is 9.84 Å². The van der Waals surface area contributed by atoms with Crippen molar-refractivity contribution in [1.29, 1.82) is 0 Å². The van der Waals surface area contributed by atoms with Gasteiger partial charge in [0.25, 0.3) is 0 Å². The molecule has 2 aromatic rings. The number of nitro benzene ring substituents is 1. The summed E-state index contributed by atoms with van der Waals surface area (Å²) in [5.74, 6) is 0.682. The number of nitrogens with zero attached hydrogens (tertiary/aromatic N) is 1. The third-order valence-corrected chi connectivity index (χ3v) is 3.69. The summed E-state index contributed by atoms with van der Waals surface area (Å²) in [4.78, 5) is 11.7. The van der Waals surface area contributed by atoms with Gasteiger partial charge in [-0.15, -0.1) is 11.8 Å². The van der Waals surface area contributed by atoms with Crippen LogP contribution in [0.4, 0.5) is 5.69 Å². The Bertz CT molecular complexity index is 641. The topological polar surface area (TPSA) is 72.6 Å². The summed E-state index contributed by atoms with van der Waals surface area (Å²) < 4.78 is 5.57. The van der Waals surface area contributed by atoms with Crippen molar-refractivity contribution in [2.45, 2.75) is 17.9 Å². The third kappa shape index (κ3) is 3.74. The summed E-state index contributed by atoms with van der Waals surface area (Å²) in [5, 5.41) is 20.6. The quantitative estimate of drug-likeness (QED) is 0.510. The number of ether oxygens (including phenoxy) is 1. The Labute approximate surface area is 126 Å². The fraction of sp³-hybridized carbons (Fsp3) is 0.200. The van der Waals surface area contributed by atoms with Crippen molar-refractivity contribution >= 4 is 17.4 Å². The van der Waals surface area contributed by atoms with Gasteiger partial charge in [0.15, 0.2) is 0 Å². The summed E-state index contributed by atoms with van der Waals surface area (Å²) in [6.07, 6.45) is 1.20. The summed E-state index contributed by atoms with van der Waals surface area (Å²) in [6, 6.07) is 11.7. The van der Waals surface area contributed by atoms with E-state index < -0.39 is 11.0 Å². The van der Waals surface area contributed by atoms with E-state index in [2.05, 4.69) is 0 Å². The molecule has 2 aromatic carbocycles. The molecule has 0 fully saturated rings. The highest BCUT2D eigenvalue weighted by Gasteiger charge is 2.18. The van der Waals surface area contributed by atoms with Crippen LogP contribution in [0.25, 0.3) is 0 Å². The largest absolute Gasteiger partial charge is 0.450 e. The highest BCUT2D eigenvalue weighted by molar-refractivity contribution is 7.98. The van der Waals surface area contributed by atoms with Crippen molar-refractivity contribution in [3.8, 4) is 11.5 Å². The zero-order valence-electron chi connectivity index (χ0n) is 11.6. The first-order valence-corrected chi connectivity index (χ1v) is 7.52. The van der Waals surface area contributed by atoms with E-state index in [9.17, 15) is 15.2 Å². The molecule has 5 nitrogen and oxygen atoms in total. The van der Waals surface area contributed by atoms with Crippen molar-refractivity contribution < 1.29 is 14.8 Å². The second-order valence-electron chi connectivity index (χ2n) is 4.44. The zero-order valence-corrected chi connectivity index (χ0v) is 12.5. The molecule has 6 heteroatoms. The maximum absolute atomic E-state index is 11.1. The molecule has 0 radical (unpaired) electrons. The number of aliphatic hydroxyl groups excluding tert-OH is 1. The van der Waals surface area contributed by atoms with Crippen molar-refractivity contribution in [2.24, 2.45) is 0 Å². The molecule has 0 bridgehead atoms. The monoisotopic (exact) mass is 305 g/mol. The summed E-state index contributed by atoms with van der Waals surface area (Å²) in [7, 11) is 0. The number of hydrogen-bond donors (Lipinski definition) is 1. The molecule has 110 valence electrons. The van der Waals surface area contributed by atoms with Gasteiger partial charge in [-0.1, -0.05) is 6.07 Å². The second kappa shape index (κ2) is 6.60. The lowest BCUT2D eigenvalue weighted by atomic mass is 10.1. The van der Waals surface area contributed by atoms with Gasteiger partial charge in [-0.25, -0.2) is 0 Å². The van der Waals surface area contributed by atoms with Crippen molar-refractivity contribution in [3.05, 3.63) is 58.1 Å². The van der Waals surface area contributed by atoms with Crippen LogP contribution in [0.2, 0.25) is 0 Å². The van der Waals surface area contributed by atoms with Crippen LogP contribution in [-0.4, -0.2) is 16.3 Å². The molecule has 0 spiro atoms. The molecular weight excluding hydrogens is 290 g/mol. The van der Waals surface area contributed by atoms with Crippen molar-refractivity contribution in [3.63, 3.8) is 0 Å². The van der Waals surface area contributed by atoms with Gasteiger partial charge in [0.05, 0.1) is 11.0 Å². The fourth-order valence-corrected chi connectivity index (χ4v) is 2.20. The van der Waals surface area contributed by atoms with Crippen molar-refractivity contribution in [2.75, 3.05) is 6.26 Å². The number of benzene rings is 2. The van der Waals surface area contributed by atoms with Crippen LogP contribution in [0.3, 0.4) is 0 Å². The molecule has 0 heterocycles. The van der Waals surface area contributed by atoms with Gasteiger partial charge >= 0.3 is 5.69 Å². The average molecular weight is 305 g/mol. The fourth-order valence-electron chi connectivity index (χ4n) is 1.79.